The van der Waals surface area contributed by atoms with Gasteiger partial charge in [0.1, 0.15) is 11.6 Å². The molecule has 5 nitrogen and oxygen atoms in total. The molecule has 8 heteroatoms. The standard InChI is InChI=1S/C15H14F3N3O2/c1-19-14(22)11-4-2-10(3-5-11)8-20-13-7-6-12(9-21-13)23-15(16,17)18/h2-7,9H,8H2,1H3,(H,19,22)(H,20,21). The molecule has 0 bridgehead atoms. The Labute approximate surface area is 130 Å². The Morgan fingerprint density at radius 1 is 1.17 bits per heavy atom. The highest BCUT2D eigenvalue weighted by molar-refractivity contribution is 5.93. The number of carbonyl (C=O) groups is 1. The Bertz CT molecular complexity index is 655. The highest BCUT2D eigenvalue weighted by Gasteiger charge is 2.31. The minimum Gasteiger partial charge on any atom is -0.404 e. The van der Waals surface area contributed by atoms with E-state index in [4.69, 9.17) is 0 Å². The van der Waals surface area contributed by atoms with E-state index in [9.17, 15) is 18.0 Å². The van der Waals surface area contributed by atoms with Crippen molar-refractivity contribution in [3.05, 3.63) is 53.7 Å². The first kappa shape index (κ1) is 16.6. The van der Waals surface area contributed by atoms with Crippen LogP contribution in [0.15, 0.2) is 42.6 Å². The van der Waals surface area contributed by atoms with Crippen molar-refractivity contribution in [3.63, 3.8) is 0 Å². The number of hydrogen-bond donors (Lipinski definition) is 2. The molecule has 2 rings (SSSR count). The quantitative estimate of drug-likeness (QED) is 0.887. The number of pyridine rings is 1. The molecule has 23 heavy (non-hydrogen) atoms. The molecule has 0 aliphatic heterocycles. The summed E-state index contributed by atoms with van der Waals surface area (Å²) < 4.78 is 39.8. The molecular formula is C15H14F3N3O2. The maximum atomic E-state index is 12.0. The lowest BCUT2D eigenvalue weighted by Crippen LogP contribution is -2.17. The lowest BCUT2D eigenvalue weighted by molar-refractivity contribution is -0.274. The fourth-order valence-electron chi connectivity index (χ4n) is 1.79. The molecule has 1 aromatic carbocycles. The van der Waals surface area contributed by atoms with E-state index in [2.05, 4.69) is 20.4 Å². The molecule has 2 N–H and O–H groups in total. The van der Waals surface area contributed by atoms with Crippen molar-refractivity contribution in [2.24, 2.45) is 0 Å². The van der Waals surface area contributed by atoms with Crippen LogP contribution in [0.3, 0.4) is 0 Å². The maximum absolute atomic E-state index is 12.0. The Kier molecular flexibility index (Phi) is 5.05. The topological polar surface area (TPSA) is 63.2 Å². The molecule has 1 aromatic heterocycles. The molecule has 0 unspecified atom stereocenters. The van der Waals surface area contributed by atoms with Gasteiger partial charge in [-0.25, -0.2) is 4.98 Å². The van der Waals surface area contributed by atoms with E-state index in [0.29, 0.717) is 17.9 Å². The van der Waals surface area contributed by atoms with Gasteiger partial charge in [0.15, 0.2) is 0 Å². The number of carbonyl (C=O) groups excluding carboxylic acids is 1. The van der Waals surface area contributed by atoms with Gasteiger partial charge in [-0.05, 0) is 29.8 Å². The van der Waals surface area contributed by atoms with E-state index >= 15 is 0 Å². The van der Waals surface area contributed by atoms with Crippen LogP contribution in [0, 0.1) is 0 Å². The number of alkyl halides is 3. The molecule has 0 aliphatic carbocycles. The molecule has 0 saturated heterocycles. The summed E-state index contributed by atoms with van der Waals surface area (Å²) in [5.41, 5.74) is 1.44. The van der Waals surface area contributed by atoms with Crippen LogP contribution in [0.1, 0.15) is 15.9 Å². The number of rotatable bonds is 5. The summed E-state index contributed by atoms with van der Waals surface area (Å²) in [5, 5.41) is 5.49. The van der Waals surface area contributed by atoms with Crippen LogP contribution in [0.2, 0.25) is 0 Å². The zero-order valence-corrected chi connectivity index (χ0v) is 12.1. The number of benzene rings is 1. The van der Waals surface area contributed by atoms with Gasteiger partial charge in [-0.1, -0.05) is 12.1 Å². The van der Waals surface area contributed by atoms with Gasteiger partial charge in [0.25, 0.3) is 5.91 Å². The molecule has 0 radical (unpaired) electrons. The largest absolute Gasteiger partial charge is 0.573 e. The highest BCUT2D eigenvalue weighted by Crippen LogP contribution is 2.22. The van der Waals surface area contributed by atoms with E-state index in [0.717, 1.165) is 11.8 Å². The molecular weight excluding hydrogens is 311 g/mol. The molecule has 2 aromatic rings. The SMILES string of the molecule is CNC(=O)c1ccc(CNc2ccc(OC(F)(F)F)cn2)cc1. The number of amides is 1. The molecule has 0 atom stereocenters. The summed E-state index contributed by atoms with van der Waals surface area (Å²) in [5.74, 6) is -0.140. The maximum Gasteiger partial charge on any atom is 0.573 e. The first-order chi connectivity index (χ1) is 10.9. The molecule has 1 amide bonds. The Balaban J connectivity index is 1.92. The third kappa shape index (κ3) is 5.17. The summed E-state index contributed by atoms with van der Waals surface area (Å²) in [6, 6.07) is 9.49. The number of ether oxygens (including phenoxy) is 1. The Morgan fingerprint density at radius 2 is 1.87 bits per heavy atom. The van der Waals surface area contributed by atoms with Crippen molar-refractivity contribution < 1.29 is 22.7 Å². The molecule has 0 saturated carbocycles. The minimum absolute atomic E-state index is 0.175. The first-order valence-electron chi connectivity index (χ1n) is 6.64. The second-order valence-corrected chi connectivity index (χ2v) is 4.56. The molecule has 1 heterocycles. The van der Waals surface area contributed by atoms with Crippen LogP contribution in [0.4, 0.5) is 19.0 Å². The third-order valence-electron chi connectivity index (χ3n) is 2.89. The van der Waals surface area contributed by atoms with Crippen LogP contribution < -0.4 is 15.4 Å². The number of anilines is 1. The smallest absolute Gasteiger partial charge is 0.404 e. The summed E-state index contributed by atoms with van der Waals surface area (Å²) >= 11 is 0. The van der Waals surface area contributed by atoms with Gasteiger partial charge in [0, 0.05) is 19.2 Å². The number of hydrogen-bond acceptors (Lipinski definition) is 4. The van der Waals surface area contributed by atoms with Gasteiger partial charge in [0.05, 0.1) is 6.20 Å². The zero-order valence-electron chi connectivity index (χ0n) is 12.1. The Morgan fingerprint density at radius 3 is 2.39 bits per heavy atom. The van der Waals surface area contributed by atoms with Crippen LogP contribution in [0.5, 0.6) is 5.75 Å². The predicted octanol–water partition coefficient (Wildman–Crippen LogP) is 2.95. The lowest BCUT2D eigenvalue weighted by atomic mass is 10.1. The molecule has 0 aliphatic rings. The van der Waals surface area contributed by atoms with Crippen molar-refractivity contribution >= 4 is 11.7 Å². The average molecular weight is 325 g/mol. The first-order valence-corrected chi connectivity index (χ1v) is 6.64. The summed E-state index contributed by atoms with van der Waals surface area (Å²) in [7, 11) is 1.55. The summed E-state index contributed by atoms with van der Waals surface area (Å²) in [4.78, 5) is 15.2. The number of aromatic nitrogens is 1. The molecule has 122 valence electrons. The van der Waals surface area contributed by atoms with E-state index in [1.807, 2.05) is 0 Å². The Hall–Kier alpha value is -2.77. The highest BCUT2D eigenvalue weighted by atomic mass is 19.4. The fraction of sp³-hybridized carbons (Fsp3) is 0.200. The van der Waals surface area contributed by atoms with Gasteiger partial charge < -0.3 is 15.4 Å². The number of nitrogens with one attached hydrogen (secondary N) is 2. The second-order valence-electron chi connectivity index (χ2n) is 4.56. The molecule has 0 spiro atoms. The van der Waals surface area contributed by atoms with Gasteiger partial charge in [0.2, 0.25) is 0 Å². The molecule has 0 fully saturated rings. The van der Waals surface area contributed by atoms with Gasteiger partial charge >= 0.3 is 6.36 Å². The van der Waals surface area contributed by atoms with E-state index in [1.54, 1.807) is 31.3 Å². The van der Waals surface area contributed by atoms with Gasteiger partial charge in [-0.15, -0.1) is 13.2 Å². The van der Waals surface area contributed by atoms with Gasteiger partial charge in [-0.2, -0.15) is 0 Å². The number of nitrogens with zero attached hydrogens (tertiary/aromatic N) is 1. The van der Waals surface area contributed by atoms with E-state index in [-0.39, 0.29) is 11.7 Å². The van der Waals surface area contributed by atoms with Crippen molar-refractivity contribution in [3.8, 4) is 5.75 Å². The van der Waals surface area contributed by atoms with Crippen molar-refractivity contribution in [1.29, 1.82) is 0 Å². The predicted molar refractivity (Wildman–Crippen MR) is 78.1 cm³/mol. The van der Waals surface area contributed by atoms with E-state index in [1.165, 1.54) is 12.1 Å². The average Bonchev–Trinajstić information content (AvgIpc) is 2.52. The minimum atomic E-state index is -4.73. The van der Waals surface area contributed by atoms with Crippen LogP contribution in [-0.2, 0) is 6.54 Å². The summed E-state index contributed by atoms with van der Waals surface area (Å²) in [6.45, 7) is 0.417. The van der Waals surface area contributed by atoms with Crippen LogP contribution in [0.25, 0.3) is 0 Å². The van der Waals surface area contributed by atoms with Crippen molar-refractivity contribution in [2.75, 3.05) is 12.4 Å². The fourth-order valence-corrected chi connectivity index (χ4v) is 1.79. The van der Waals surface area contributed by atoms with Gasteiger partial charge in [-0.3, -0.25) is 4.79 Å². The van der Waals surface area contributed by atoms with Crippen molar-refractivity contribution in [2.45, 2.75) is 12.9 Å². The van der Waals surface area contributed by atoms with Crippen LogP contribution in [-0.4, -0.2) is 24.3 Å². The van der Waals surface area contributed by atoms with E-state index < -0.39 is 6.36 Å². The monoisotopic (exact) mass is 325 g/mol. The van der Waals surface area contributed by atoms with Crippen molar-refractivity contribution in [1.82, 2.24) is 10.3 Å². The van der Waals surface area contributed by atoms with Crippen LogP contribution >= 0.6 is 0 Å². The third-order valence-corrected chi connectivity index (χ3v) is 2.89. The zero-order chi connectivity index (χ0) is 16.9. The second kappa shape index (κ2) is 6.99. The number of halogens is 3. The lowest BCUT2D eigenvalue weighted by Gasteiger charge is -2.10. The summed E-state index contributed by atoms with van der Waals surface area (Å²) in [6.07, 6.45) is -3.74. The normalized spacial score (nSPS) is 11.0.